The number of hydrogen-bond donors (Lipinski definition) is 1. The molecule has 1 aromatic carbocycles. The molecule has 0 saturated carbocycles. The molecular weight excluding hydrogens is 340 g/mol. The second-order valence-corrected chi connectivity index (χ2v) is 4.19. The number of rotatable bonds is 1. The normalized spacial score (nSPS) is 9.92. The Kier molecular flexibility index (Phi) is 3.05. The van der Waals surface area contributed by atoms with Crippen LogP contribution in [0.4, 0.5) is 4.39 Å². The van der Waals surface area contributed by atoms with Crippen LogP contribution in [0.3, 0.4) is 0 Å². The molecule has 0 aliphatic rings. The van der Waals surface area contributed by atoms with E-state index in [1.54, 1.807) is 28.7 Å². The van der Waals surface area contributed by atoms with Gasteiger partial charge in [-0.3, -0.25) is 4.79 Å². The molecular formula is C7H4BrFINO. The monoisotopic (exact) mass is 343 g/mol. The van der Waals surface area contributed by atoms with Crippen molar-refractivity contribution in [1.29, 1.82) is 0 Å². The van der Waals surface area contributed by atoms with Crippen molar-refractivity contribution in [3.8, 4) is 0 Å². The fourth-order valence-corrected chi connectivity index (χ4v) is 2.25. The van der Waals surface area contributed by atoms with Gasteiger partial charge in [0.05, 0.1) is 9.13 Å². The SMILES string of the molecule is NC(=O)c1cc(Br)cc(I)c1F. The Balaban J connectivity index is 3.37. The maximum absolute atomic E-state index is 13.1. The minimum Gasteiger partial charge on any atom is -0.366 e. The van der Waals surface area contributed by atoms with Gasteiger partial charge in [-0.1, -0.05) is 15.9 Å². The summed E-state index contributed by atoms with van der Waals surface area (Å²) in [5, 5.41) is 0. The number of carbonyl (C=O) groups excluding carboxylic acids is 1. The molecule has 2 N–H and O–H groups in total. The molecule has 5 heteroatoms. The number of nitrogens with two attached hydrogens (primary N) is 1. The lowest BCUT2D eigenvalue weighted by molar-refractivity contribution is 0.0996. The van der Waals surface area contributed by atoms with Crippen LogP contribution in [0.1, 0.15) is 10.4 Å². The average Bonchev–Trinajstić information content (AvgIpc) is 1.96. The van der Waals surface area contributed by atoms with Crippen molar-refractivity contribution < 1.29 is 9.18 Å². The molecule has 2 nitrogen and oxygen atoms in total. The van der Waals surface area contributed by atoms with Crippen molar-refractivity contribution in [2.45, 2.75) is 0 Å². The van der Waals surface area contributed by atoms with E-state index >= 15 is 0 Å². The summed E-state index contributed by atoms with van der Waals surface area (Å²) in [5.74, 6) is -1.32. The van der Waals surface area contributed by atoms with Gasteiger partial charge in [0, 0.05) is 4.47 Å². The highest BCUT2D eigenvalue weighted by Crippen LogP contribution is 2.21. The number of amides is 1. The van der Waals surface area contributed by atoms with Crippen molar-refractivity contribution in [1.82, 2.24) is 0 Å². The van der Waals surface area contributed by atoms with Gasteiger partial charge >= 0.3 is 0 Å². The van der Waals surface area contributed by atoms with Crippen LogP contribution in [0.25, 0.3) is 0 Å². The Hall–Kier alpha value is -0.170. The Labute approximate surface area is 90.6 Å². The first-order valence-electron chi connectivity index (χ1n) is 2.96. The van der Waals surface area contributed by atoms with Crippen LogP contribution in [0.15, 0.2) is 16.6 Å². The maximum atomic E-state index is 13.1. The van der Waals surface area contributed by atoms with Crippen LogP contribution in [0, 0.1) is 9.39 Å². The molecule has 0 unspecified atom stereocenters. The second kappa shape index (κ2) is 3.69. The summed E-state index contributed by atoms with van der Waals surface area (Å²) in [4.78, 5) is 10.7. The first-order valence-corrected chi connectivity index (χ1v) is 4.84. The van der Waals surface area contributed by atoms with E-state index in [0.717, 1.165) is 0 Å². The van der Waals surface area contributed by atoms with E-state index in [4.69, 9.17) is 5.73 Å². The minimum absolute atomic E-state index is 0.0891. The summed E-state index contributed by atoms with van der Waals surface area (Å²) in [6.07, 6.45) is 0. The highest BCUT2D eigenvalue weighted by atomic mass is 127. The average molecular weight is 344 g/mol. The molecule has 0 saturated heterocycles. The van der Waals surface area contributed by atoms with Crippen LogP contribution >= 0.6 is 38.5 Å². The standard InChI is InChI=1S/C7H4BrFINO/c8-3-1-4(7(11)12)6(9)5(10)2-3/h1-2H,(H2,11,12). The highest BCUT2D eigenvalue weighted by Gasteiger charge is 2.11. The fourth-order valence-electron chi connectivity index (χ4n) is 0.735. The first kappa shape index (κ1) is 9.91. The summed E-state index contributed by atoms with van der Waals surface area (Å²) in [6, 6.07) is 2.93. The lowest BCUT2D eigenvalue weighted by Gasteiger charge is -2.01. The van der Waals surface area contributed by atoms with E-state index in [9.17, 15) is 9.18 Å². The van der Waals surface area contributed by atoms with Gasteiger partial charge < -0.3 is 5.73 Å². The third kappa shape index (κ3) is 1.95. The third-order valence-corrected chi connectivity index (χ3v) is 2.50. The molecule has 1 rings (SSSR count). The van der Waals surface area contributed by atoms with Gasteiger partial charge in [-0.2, -0.15) is 0 Å². The molecule has 0 radical (unpaired) electrons. The van der Waals surface area contributed by atoms with Crippen LogP contribution < -0.4 is 5.73 Å². The van der Waals surface area contributed by atoms with Crippen LogP contribution in [-0.2, 0) is 0 Å². The van der Waals surface area contributed by atoms with Crippen molar-refractivity contribution in [3.63, 3.8) is 0 Å². The molecule has 0 aromatic heterocycles. The van der Waals surface area contributed by atoms with Crippen LogP contribution in [0.5, 0.6) is 0 Å². The van der Waals surface area contributed by atoms with Gasteiger partial charge in [0.15, 0.2) is 0 Å². The zero-order valence-corrected chi connectivity index (χ0v) is 9.52. The van der Waals surface area contributed by atoms with E-state index in [0.29, 0.717) is 8.04 Å². The summed E-state index contributed by atoms with van der Waals surface area (Å²) in [6.45, 7) is 0. The summed E-state index contributed by atoms with van der Waals surface area (Å²) in [5.41, 5.74) is 4.86. The first-order chi connectivity index (χ1) is 5.52. The predicted molar refractivity (Wildman–Crippen MR) is 55.3 cm³/mol. The number of primary amides is 1. The smallest absolute Gasteiger partial charge is 0.251 e. The van der Waals surface area contributed by atoms with Gasteiger partial charge in [0.1, 0.15) is 5.82 Å². The van der Waals surface area contributed by atoms with Crippen molar-refractivity contribution in [2.75, 3.05) is 0 Å². The van der Waals surface area contributed by atoms with Gasteiger partial charge in [0.2, 0.25) is 0 Å². The number of benzene rings is 1. The van der Waals surface area contributed by atoms with Gasteiger partial charge in [-0.15, -0.1) is 0 Å². The predicted octanol–water partition coefficient (Wildman–Crippen LogP) is 2.29. The maximum Gasteiger partial charge on any atom is 0.251 e. The fraction of sp³-hybridized carbons (Fsp3) is 0. The van der Waals surface area contributed by atoms with Crippen LogP contribution in [0.2, 0.25) is 0 Å². The van der Waals surface area contributed by atoms with E-state index in [2.05, 4.69) is 15.9 Å². The van der Waals surface area contributed by atoms with Crippen molar-refractivity contribution in [2.24, 2.45) is 5.73 Å². The summed E-state index contributed by atoms with van der Waals surface area (Å²) in [7, 11) is 0. The highest BCUT2D eigenvalue weighted by molar-refractivity contribution is 14.1. The molecule has 0 atom stereocenters. The topological polar surface area (TPSA) is 43.1 Å². The quantitative estimate of drug-likeness (QED) is 0.617. The molecule has 0 aliphatic carbocycles. The molecule has 0 aliphatic heterocycles. The van der Waals surface area contributed by atoms with Gasteiger partial charge in [-0.05, 0) is 34.7 Å². The third-order valence-electron chi connectivity index (χ3n) is 1.26. The Morgan fingerprint density at radius 1 is 1.58 bits per heavy atom. The molecule has 0 spiro atoms. The van der Waals surface area contributed by atoms with E-state index in [1.165, 1.54) is 6.07 Å². The number of carbonyl (C=O) groups is 1. The lowest BCUT2D eigenvalue weighted by atomic mass is 10.2. The summed E-state index contributed by atoms with van der Waals surface area (Å²) >= 11 is 4.93. The van der Waals surface area contributed by atoms with Crippen LogP contribution in [-0.4, -0.2) is 5.91 Å². The minimum atomic E-state index is -0.758. The summed E-state index contributed by atoms with van der Waals surface area (Å²) < 4.78 is 14.1. The zero-order valence-electron chi connectivity index (χ0n) is 5.77. The largest absolute Gasteiger partial charge is 0.366 e. The second-order valence-electron chi connectivity index (χ2n) is 2.11. The Morgan fingerprint density at radius 2 is 2.17 bits per heavy atom. The molecule has 1 aromatic rings. The lowest BCUT2D eigenvalue weighted by Crippen LogP contribution is -2.13. The number of hydrogen-bond acceptors (Lipinski definition) is 1. The molecule has 1 amide bonds. The van der Waals surface area contributed by atoms with Crippen molar-refractivity contribution in [3.05, 3.63) is 31.6 Å². The Bertz CT molecular complexity index is 342. The van der Waals surface area contributed by atoms with Gasteiger partial charge in [-0.25, -0.2) is 4.39 Å². The van der Waals surface area contributed by atoms with Gasteiger partial charge in [0.25, 0.3) is 5.91 Å². The van der Waals surface area contributed by atoms with E-state index < -0.39 is 11.7 Å². The van der Waals surface area contributed by atoms with E-state index in [-0.39, 0.29) is 5.56 Å². The molecule has 0 fully saturated rings. The number of halogens is 3. The molecule has 12 heavy (non-hydrogen) atoms. The molecule has 0 bridgehead atoms. The zero-order chi connectivity index (χ0) is 9.30. The van der Waals surface area contributed by atoms with E-state index in [1.807, 2.05) is 0 Å². The molecule has 0 heterocycles. The Morgan fingerprint density at radius 3 is 2.67 bits per heavy atom. The molecule has 64 valence electrons. The van der Waals surface area contributed by atoms with Crippen molar-refractivity contribution >= 4 is 44.4 Å².